The van der Waals surface area contributed by atoms with E-state index < -0.39 is 6.10 Å². The van der Waals surface area contributed by atoms with Crippen molar-refractivity contribution < 1.29 is 5.11 Å². The van der Waals surface area contributed by atoms with Crippen LogP contribution in [0.3, 0.4) is 0 Å². The highest BCUT2D eigenvalue weighted by Crippen LogP contribution is 2.16. The monoisotopic (exact) mass is 199 g/mol. The highest BCUT2D eigenvalue weighted by atomic mass is 32.2. The lowest BCUT2D eigenvalue weighted by molar-refractivity contribution is 0.208. The molecule has 1 rings (SSSR count). The van der Waals surface area contributed by atoms with Crippen LogP contribution in [-0.4, -0.2) is 28.5 Å². The zero-order valence-corrected chi connectivity index (χ0v) is 8.00. The van der Waals surface area contributed by atoms with E-state index >= 15 is 0 Å². The molecule has 0 saturated carbocycles. The molecule has 1 aromatic heterocycles. The average Bonchev–Trinajstić information content (AvgIpc) is 2.16. The fourth-order valence-electron chi connectivity index (χ4n) is 0.727. The van der Waals surface area contributed by atoms with E-state index in [2.05, 4.69) is 4.98 Å². The molecule has 1 heterocycles. The molecule has 0 aromatic carbocycles. The Morgan fingerprint density at radius 2 is 2.31 bits per heavy atom. The third-order valence-corrected chi connectivity index (χ3v) is 2.54. The summed E-state index contributed by atoms with van der Waals surface area (Å²) in [5.41, 5.74) is 11.4. The van der Waals surface area contributed by atoms with Gasteiger partial charge < -0.3 is 16.6 Å². The summed E-state index contributed by atoms with van der Waals surface area (Å²) < 4.78 is 0. The fraction of sp³-hybridized carbons (Fsp3) is 0.375. The van der Waals surface area contributed by atoms with Gasteiger partial charge in [-0.15, -0.1) is 11.8 Å². The number of thioether (sulfide) groups is 1. The van der Waals surface area contributed by atoms with Crippen LogP contribution >= 0.6 is 11.8 Å². The van der Waals surface area contributed by atoms with E-state index in [0.29, 0.717) is 11.4 Å². The minimum atomic E-state index is -0.468. The first kappa shape index (κ1) is 10.3. The molecule has 0 amide bonds. The predicted octanol–water partition coefficient (Wildman–Crippen LogP) is 0.0755. The molecular weight excluding hydrogens is 186 g/mol. The lowest BCUT2D eigenvalue weighted by atomic mass is 10.4. The number of aliphatic hydroxyl groups excluding tert-OH is 1. The van der Waals surface area contributed by atoms with Crippen molar-refractivity contribution in [2.75, 3.05) is 18.0 Å². The van der Waals surface area contributed by atoms with Crippen LogP contribution in [0.25, 0.3) is 0 Å². The standard InChI is InChI=1S/C8H13N3OS/c9-3-7(12)5-13-8-2-1-6(10)4-11-8/h1-2,4,7,12H,3,5,9-10H2. The van der Waals surface area contributed by atoms with Gasteiger partial charge in [-0.05, 0) is 12.1 Å². The van der Waals surface area contributed by atoms with E-state index in [-0.39, 0.29) is 6.54 Å². The molecule has 0 saturated heterocycles. The Kier molecular flexibility index (Phi) is 4.01. The van der Waals surface area contributed by atoms with Crippen LogP contribution in [0.4, 0.5) is 5.69 Å². The number of nitrogen functional groups attached to an aromatic ring is 1. The molecule has 0 bridgehead atoms. The lowest BCUT2D eigenvalue weighted by Gasteiger charge is -2.05. The Hall–Kier alpha value is -0.780. The molecule has 4 nitrogen and oxygen atoms in total. The average molecular weight is 199 g/mol. The molecule has 0 aliphatic heterocycles. The van der Waals surface area contributed by atoms with E-state index in [1.807, 2.05) is 6.07 Å². The topological polar surface area (TPSA) is 85.2 Å². The molecule has 0 fully saturated rings. The zero-order chi connectivity index (χ0) is 9.68. The Bertz CT molecular complexity index is 252. The van der Waals surface area contributed by atoms with Crippen LogP contribution < -0.4 is 11.5 Å². The van der Waals surface area contributed by atoms with Gasteiger partial charge in [0.2, 0.25) is 0 Å². The van der Waals surface area contributed by atoms with Crippen LogP contribution in [0.15, 0.2) is 23.4 Å². The summed E-state index contributed by atoms with van der Waals surface area (Å²) >= 11 is 1.47. The number of anilines is 1. The van der Waals surface area contributed by atoms with Gasteiger partial charge in [0.15, 0.2) is 0 Å². The van der Waals surface area contributed by atoms with Crippen molar-refractivity contribution in [2.24, 2.45) is 5.73 Å². The second kappa shape index (κ2) is 5.06. The summed E-state index contributed by atoms with van der Waals surface area (Å²) in [7, 11) is 0. The van der Waals surface area contributed by atoms with Gasteiger partial charge in [-0.1, -0.05) is 0 Å². The Morgan fingerprint density at radius 3 is 2.85 bits per heavy atom. The molecule has 0 aliphatic carbocycles. The molecule has 0 spiro atoms. The summed E-state index contributed by atoms with van der Waals surface area (Å²) in [6.07, 6.45) is 1.13. The molecule has 0 aliphatic rings. The van der Waals surface area contributed by atoms with Crippen LogP contribution in [0, 0.1) is 0 Å². The van der Waals surface area contributed by atoms with Crippen molar-refractivity contribution in [3.05, 3.63) is 18.3 Å². The van der Waals surface area contributed by atoms with E-state index in [1.54, 1.807) is 12.3 Å². The largest absolute Gasteiger partial charge is 0.397 e. The van der Waals surface area contributed by atoms with Gasteiger partial charge in [-0.3, -0.25) is 0 Å². The number of nitrogens with zero attached hydrogens (tertiary/aromatic N) is 1. The van der Waals surface area contributed by atoms with Gasteiger partial charge in [0.25, 0.3) is 0 Å². The Balaban J connectivity index is 2.41. The van der Waals surface area contributed by atoms with Crippen molar-refractivity contribution in [3.8, 4) is 0 Å². The normalized spacial score (nSPS) is 12.8. The number of nitrogens with two attached hydrogens (primary N) is 2. The molecule has 5 heteroatoms. The summed E-state index contributed by atoms with van der Waals surface area (Å²) in [6.45, 7) is 0.280. The molecule has 5 N–H and O–H groups in total. The maximum Gasteiger partial charge on any atom is 0.0962 e. The first-order valence-electron chi connectivity index (χ1n) is 3.95. The second-order valence-electron chi connectivity index (χ2n) is 2.63. The first-order chi connectivity index (χ1) is 6.22. The molecule has 72 valence electrons. The summed E-state index contributed by atoms with van der Waals surface area (Å²) in [5.74, 6) is 0.563. The van der Waals surface area contributed by atoms with Gasteiger partial charge in [0, 0.05) is 12.3 Å². The highest BCUT2D eigenvalue weighted by Gasteiger charge is 2.02. The Labute approximate surface area is 81.3 Å². The predicted molar refractivity (Wildman–Crippen MR) is 54.4 cm³/mol. The summed E-state index contributed by atoms with van der Waals surface area (Å²) in [6, 6.07) is 3.60. The maximum absolute atomic E-state index is 9.18. The van der Waals surface area contributed by atoms with E-state index in [1.165, 1.54) is 11.8 Å². The van der Waals surface area contributed by atoms with Crippen LogP contribution in [0.2, 0.25) is 0 Å². The molecule has 13 heavy (non-hydrogen) atoms. The van der Waals surface area contributed by atoms with Gasteiger partial charge in [0.05, 0.1) is 23.0 Å². The molecule has 1 aromatic rings. The first-order valence-corrected chi connectivity index (χ1v) is 4.93. The van der Waals surface area contributed by atoms with Gasteiger partial charge in [0.1, 0.15) is 0 Å². The fourth-order valence-corrected chi connectivity index (χ4v) is 1.52. The van der Waals surface area contributed by atoms with Gasteiger partial charge >= 0.3 is 0 Å². The molecule has 1 unspecified atom stereocenters. The minimum Gasteiger partial charge on any atom is -0.397 e. The van der Waals surface area contributed by atoms with E-state index in [4.69, 9.17) is 11.5 Å². The molecule has 1 atom stereocenters. The van der Waals surface area contributed by atoms with Crippen molar-refractivity contribution in [2.45, 2.75) is 11.1 Å². The van der Waals surface area contributed by atoms with E-state index in [0.717, 1.165) is 5.03 Å². The van der Waals surface area contributed by atoms with Crippen molar-refractivity contribution in [1.82, 2.24) is 4.98 Å². The van der Waals surface area contributed by atoms with Crippen molar-refractivity contribution >= 4 is 17.4 Å². The third kappa shape index (κ3) is 3.63. The van der Waals surface area contributed by atoms with Crippen molar-refractivity contribution in [3.63, 3.8) is 0 Å². The smallest absolute Gasteiger partial charge is 0.0962 e. The zero-order valence-electron chi connectivity index (χ0n) is 7.18. The molecule has 0 radical (unpaired) electrons. The number of hydrogen-bond donors (Lipinski definition) is 3. The number of rotatable bonds is 4. The quantitative estimate of drug-likeness (QED) is 0.598. The van der Waals surface area contributed by atoms with Crippen LogP contribution in [-0.2, 0) is 0 Å². The summed E-state index contributed by atoms with van der Waals surface area (Å²) in [5, 5.41) is 10.0. The summed E-state index contributed by atoms with van der Waals surface area (Å²) in [4.78, 5) is 4.07. The van der Waals surface area contributed by atoms with Crippen LogP contribution in [0.1, 0.15) is 0 Å². The van der Waals surface area contributed by atoms with E-state index in [9.17, 15) is 5.11 Å². The lowest BCUT2D eigenvalue weighted by Crippen LogP contribution is -2.21. The number of pyridine rings is 1. The van der Waals surface area contributed by atoms with Crippen LogP contribution in [0.5, 0.6) is 0 Å². The minimum absolute atomic E-state index is 0.280. The number of aromatic nitrogens is 1. The molecular formula is C8H13N3OS. The van der Waals surface area contributed by atoms with Gasteiger partial charge in [-0.2, -0.15) is 0 Å². The highest BCUT2D eigenvalue weighted by molar-refractivity contribution is 7.99. The Morgan fingerprint density at radius 1 is 1.54 bits per heavy atom. The third-order valence-electron chi connectivity index (χ3n) is 1.45. The second-order valence-corrected chi connectivity index (χ2v) is 3.67. The SMILES string of the molecule is NCC(O)CSc1ccc(N)cn1. The maximum atomic E-state index is 9.18. The number of hydrogen-bond acceptors (Lipinski definition) is 5. The van der Waals surface area contributed by atoms with Crippen molar-refractivity contribution in [1.29, 1.82) is 0 Å². The van der Waals surface area contributed by atoms with Gasteiger partial charge in [-0.25, -0.2) is 4.98 Å². The number of aliphatic hydroxyl groups is 1.